The van der Waals surface area contributed by atoms with Gasteiger partial charge >= 0.3 is 5.97 Å². The highest BCUT2D eigenvalue weighted by molar-refractivity contribution is 5.68. The largest absolute Gasteiger partial charge is 0.504 e. The Bertz CT molecular complexity index is 354. The molecule has 0 saturated heterocycles. The molecule has 0 radical (unpaired) electrons. The highest BCUT2D eigenvalue weighted by Gasteiger charge is 2.07. The molecule has 1 rings (SSSR count). The van der Waals surface area contributed by atoms with E-state index in [-0.39, 0.29) is 13.0 Å². The summed E-state index contributed by atoms with van der Waals surface area (Å²) in [6.07, 6.45) is -0.0810. The number of hydrogen-bond acceptors (Lipinski definition) is 5. The van der Waals surface area contributed by atoms with Crippen LogP contribution in [0, 0.1) is 0 Å². The Kier molecular flexibility index (Phi) is 3.22. The second kappa shape index (κ2) is 4.41. The molecule has 6 nitrogen and oxygen atoms in total. The van der Waals surface area contributed by atoms with Crippen LogP contribution in [-0.2, 0) is 4.79 Å². The van der Waals surface area contributed by atoms with Gasteiger partial charge in [-0.25, -0.2) is 0 Å². The van der Waals surface area contributed by atoms with E-state index in [1.165, 1.54) is 12.1 Å². The van der Waals surface area contributed by atoms with Crippen LogP contribution < -0.4 is 5.32 Å². The number of benzene rings is 1. The van der Waals surface area contributed by atoms with Crippen molar-refractivity contribution in [2.45, 2.75) is 6.42 Å². The van der Waals surface area contributed by atoms with Crippen molar-refractivity contribution in [2.24, 2.45) is 0 Å². The first kappa shape index (κ1) is 11.0. The number of hydrogen-bond donors (Lipinski definition) is 5. The zero-order chi connectivity index (χ0) is 11.4. The molecule has 0 aliphatic heterocycles. The van der Waals surface area contributed by atoms with Gasteiger partial charge in [0.05, 0.1) is 6.42 Å². The first-order valence-corrected chi connectivity index (χ1v) is 4.21. The van der Waals surface area contributed by atoms with Gasteiger partial charge in [-0.3, -0.25) is 4.79 Å². The van der Waals surface area contributed by atoms with Gasteiger partial charge in [-0.2, -0.15) is 0 Å². The number of phenols is 3. The maximum absolute atomic E-state index is 10.2. The average Bonchev–Trinajstić information content (AvgIpc) is 2.13. The highest BCUT2D eigenvalue weighted by atomic mass is 16.4. The van der Waals surface area contributed by atoms with E-state index in [2.05, 4.69) is 5.32 Å². The van der Waals surface area contributed by atoms with Crippen LogP contribution in [0.5, 0.6) is 17.2 Å². The molecule has 0 unspecified atom stereocenters. The molecular formula is C9H11NO5. The van der Waals surface area contributed by atoms with E-state index in [1.807, 2.05) is 0 Å². The van der Waals surface area contributed by atoms with Crippen LogP contribution >= 0.6 is 0 Å². The molecular weight excluding hydrogens is 202 g/mol. The molecule has 0 aliphatic rings. The molecule has 0 aromatic heterocycles. The lowest BCUT2D eigenvalue weighted by Gasteiger charge is -2.07. The first-order chi connectivity index (χ1) is 7.00. The summed E-state index contributed by atoms with van der Waals surface area (Å²) >= 11 is 0. The fraction of sp³-hybridized carbons (Fsp3) is 0.222. The second-order valence-corrected chi connectivity index (χ2v) is 2.93. The van der Waals surface area contributed by atoms with E-state index < -0.39 is 23.2 Å². The Morgan fingerprint density at radius 1 is 1.20 bits per heavy atom. The maximum atomic E-state index is 10.2. The molecule has 5 N–H and O–H groups in total. The van der Waals surface area contributed by atoms with Gasteiger partial charge in [-0.05, 0) is 0 Å². The van der Waals surface area contributed by atoms with Gasteiger partial charge in [-0.1, -0.05) is 0 Å². The Balaban J connectivity index is 2.66. The van der Waals surface area contributed by atoms with Crippen molar-refractivity contribution in [1.29, 1.82) is 0 Å². The fourth-order valence-electron chi connectivity index (χ4n) is 1.02. The van der Waals surface area contributed by atoms with Crippen LogP contribution in [0.25, 0.3) is 0 Å². The smallest absolute Gasteiger partial charge is 0.305 e. The number of aliphatic carboxylic acids is 1. The zero-order valence-corrected chi connectivity index (χ0v) is 7.77. The third kappa shape index (κ3) is 2.94. The molecule has 0 bridgehead atoms. The van der Waals surface area contributed by atoms with Crippen LogP contribution in [0.4, 0.5) is 5.69 Å². The number of carbonyl (C=O) groups is 1. The van der Waals surface area contributed by atoms with E-state index in [1.54, 1.807) is 0 Å². The average molecular weight is 213 g/mol. The van der Waals surface area contributed by atoms with Gasteiger partial charge in [0.2, 0.25) is 0 Å². The molecule has 15 heavy (non-hydrogen) atoms. The lowest BCUT2D eigenvalue weighted by atomic mass is 10.2. The number of carboxylic acids is 1. The van der Waals surface area contributed by atoms with E-state index in [0.717, 1.165) is 0 Å². The topological polar surface area (TPSA) is 110 Å². The monoisotopic (exact) mass is 213 g/mol. The van der Waals surface area contributed by atoms with Crippen LogP contribution in [0.3, 0.4) is 0 Å². The Morgan fingerprint density at radius 3 is 2.20 bits per heavy atom. The molecule has 0 amide bonds. The predicted molar refractivity (Wildman–Crippen MR) is 52.2 cm³/mol. The van der Waals surface area contributed by atoms with Crippen molar-refractivity contribution in [2.75, 3.05) is 11.9 Å². The summed E-state index contributed by atoms with van der Waals surface area (Å²) in [5.74, 6) is -2.48. The van der Waals surface area contributed by atoms with Crippen molar-refractivity contribution >= 4 is 11.7 Å². The minimum absolute atomic E-state index is 0.0810. The second-order valence-electron chi connectivity index (χ2n) is 2.93. The van der Waals surface area contributed by atoms with Crippen molar-refractivity contribution < 1.29 is 25.2 Å². The Labute approximate surface area is 85.4 Å². The number of aromatic hydroxyl groups is 3. The van der Waals surface area contributed by atoms with Gasteiger partial charge < -0.3 is 25.7 Å². The van der Waals surface area contributed by atoms with Crippen LogP contribution in [0.2, 0.25) is 0 Å². The molecule has 0 atom stereocenters. The SMILES string of the molecule is O=C(O)CCNc1cc(O)c(O)c(O)c1. The maximum Gasteiger partial charge on any atom is 0.305 e. The van der Waals surface area contributed by atoms with Gasteiger partial charge in [0, 0.05) is 24.4 Å². The first-order valence-electron chi connectivity index (χ1n) is 4.21. The summed E-state index contributed by atoms with van der Waals surface area (Å²) < 4.78 is 0. The number of nitrogens with one attached hydrogen (secondary N) is 1. The number of anilines is 1. The summed E-state index contributed by atoms with van der Waals surface area (Å²) in [6, 6.07) is 2.38. The van der Waals surface area contributed by atoms with Crippen molar-refractivity contribution in [3.8, 4) is 17.2 Å². The van der Waals surface area contributed by atoms with E-state index in [0.29, 0.717) is 5.69 Å². The Hall–Kier alpha value is -2.11. The lowest BCUT2D eigenvalue weighted by molar-refractivity contribution is -0.136. The summed E-state index contributed by atoms with van der Waals surface area (Å²) in [5, 5.41) is 38.3. The molecule has 82 valence electrons. The van der Waals surface area contributed by atoms with Gasteiger partial charge in [0.15, 0.2) is 17.2 Å². The summed E-state index contributed by atoms with van der Waals surface area (Å²) in [7, 11) is 0. The quantitative estimate of drug-likeness (QED) is 0.372. The number of carboxylic acid groups (broad SMARTS) is 1. The zero-order valence-electron chi connectivity index (χ0n) is 7.77. The third-order valence-electron chi connectivity index (χ3n) is 1.74. The summed E-state index contributed by atoms with van der Waals surface area (Å²) in [5.41, 5.74) is 0.337. The normalized spacial score (nSPS) is 9.87. The van der Waals surface area contributed by atoms with Crippen LogP contribution in [0.1, 0.15) is 6.42 Å². The molecule has 0 saturated carbocycles. The van der Waals surface area contributed by atoms with Crippen LogP contribution in [0.15, 0.2) is 12.1 Å². The molecule has 0 fully saturated rings. The predicted octanol–water partition coefficient (Wildman–Crippen LogP) is 0.690. The minimum atomic E-state index is -0.949. The minimum Gasteiger partial charge on any atom is -0.504 e. The fourth-order valence-corrected chi connectivity index (χ4v) is 1.02. The Morgan fingerprint density at radius 2 is 1.73 bits per heavy atom. The molecule has 0 heterocycles. The standard InChI is InChI=1S/C9H11NO5/c11-6-3-5(4-7(12)9(6)15)10-2-1-8(13)14/h3-4,10-12,15H,1-2H2,(H,13,14). The molecule has 1 aromatic rings. The van der Waals surface area contributed by atoms with Crippen molar-refractivity contribution in [3.05, 3.63) is 12.1 Å². The van der Waals surface area contributed by atoms with E-state index >= 15 is 0 Å². The number of rotatable bonds is 4. The van der Waals surface area contributed by atoms with Crippen LogP contribution in [-0.4, -0.2) is 32.9 Å². The van der Waals surface area contributed by atoms with Gasteiger partial charge in [0.1, 0.15) is 0 Å². The van der Waals surface area contributed by atoms with Crippen molar-refractivity contribution in [3.63, 3.8) is 0 Å². The van der Waals surface area contributed by atoms with E-state index in [9.17, 15) is 4.79 Å². The van der Waals surface area contributed by atoms with Gasteiger partial charge in [-0.15, -0.1) is 0 Å². The highest BCUT2D eigenvalue weighted by Crippen LogP contribution is 2.37. The summed E-state index contributed by atoms with van der Waals surface area (Å²) in [4.78, 5) is 10.2. The summed E-state index contributed by atoms with van der Waals surface area (Å²) in [6.45, 7) is 0.166. The molecule has 6 heteroatoms. The third-order valence-corrected chi connectivity index (χ3v) is 1.74. The molecule has 0 aliphatic carbocycles. The van der Waals surface area contributed by atoms with Gasteiger partial charge in [0.25, 0.3) is 0 Å². The van der Waals surface area contributed by atoms with E-state index in [4.69, 9.17) is 20.4 Å². The molecule has 0 spiro atoms. The molecule has 1 aromatic carbocycles. The van der Waals surface area contributed by atoms with Crippen molar-refractivity contribution in [1.82, 2.24) is 0 Å². The lowest BCUT2D eigenvalue weighted by Crippen LogP contribution is -2.07. The number of phenolic OH excluding ortho intramolecular Hbond substituents is 3.